The molecule has 1 aliphatic rings. The molecule has 0 aromatic heterocycles. The van der Waals surface area contributed by atoms with Gasteiger partial charge in [-0.15, -0.1) is 0 Å². The van der Waals surface area contributed by atoms with Gasteiger partial charge in [0.05, 0.1) is 23.5 Å². The van der Waals surface area contributed by atoms with E-state index in [4.69, 9.17) is 9.47 Å². The molecule has 0 atom stereocenters. The number of esters is 1. The van der Waals surface area contributed by atoms with E-state index >= 15 is 0 Å². The van der Waals surface area contributed by atoms with Crippen LogP contribution in [-0.2, 0) is 19.7 Å². The predicted octanol–water partition coefficient (Wildman–Crippen LogP) is 3.74. The molecule has 1 aliphatic carbocycles. The third kappa shape index (κ3) is 4.40. The van der Waals surface area contributed by atoms with Gasteiger partial charge in [-0.1, -0.05) is 25.0 Å². The average Bonchev–Trinajstić information content (AvgIpc) is 3.24. The van der Waals surface area contributed by atoms with Crippen molar-refractivity contribution in [2.45, 2.75) is 31.1 Å². The summed E-state index contributed by atoms with van der Waals surface area (Å²) < 4.78 is 23.5. The fourth-order valence-corrected chi connectivity index (χ4v) is 3.71. The molecule has 3 rings (SSSR count). The molecule has 1 N–H and O–H groups in total. The second-order valence-electron chi connectivity index (χ2n) is 7.06. The first-order valence-corrected chi connectivity index (χ1v) is 9.41. The Morgan fingerprint density at radius 2 is 1.83 bits per heavy atom. The van der Waals surface area contributed by atoms with Crippen LogP contribution in [0.3, 0.4) is 0 Å². The Labute approximate surface area is 172 Å². The second kappa shape index (κ2) is 8.89. The number of hydrogen-bond acceptors (Lipinski definition) is 6. The maximum Gasteiger partial charge on any atom is 0.317 e. The quantitative estimate of drug-likeness (QED) is 0.419. The topological polar surface area (TPSA) is 108 Å². The molecular formula is C21H21FN2O6. The molecule has 0 heterocycles. The summed E-state index contributed by atoms with van der Waals surface area (Å²) in [5.74, 6) is -1.40. The molecule has 1 amide bonds. The Balaban J connectivity index is 1.69. The van der Waals surface area contributed by atoms with Crippen molar-refractivity contribution >= 4 is 23.3 Å². The van der Waals surface area contributed by atoms with Crippen molar-refractivity contribution in [3.63, 3.8) is 0 Å². The first-order chi connectivity index (χ1) is 14.4. The number of methoxy groups -OCH3 is 1. The molecule has 9 heteroatoms. The van der Waals surface area contributed by atoms with Gasteiger partial charge in [0, 0.05) is 0 Å². The number of nitrogens with zero attached hydrogens (tertiary/aromatic N) is 1. The summed E-state index contributed by atoms with van der Waals surface area (Å²) in [6.45, 7) is -0.592. The van der Waals surface area contributed by atoms with Crippen LogP contribution >= 0.6 is 0 Å². The van der Waals surface area contributed by atoms with Crippen LogP contribution in [0.25, 0.3) is 0 Å². The molecule has 0 bridgehead atoms. The van der Waals surface area contributed by atoms with Gasteiger partial charge in [0.2, 0.25) is 0 Å². The van der Waals surface area contributed by atoms with Gasteiger partial charge in [0.1, 0.15) is 17.3 Å². The minimum atomic E-state index is -0.917. The predicted molar refractivity (Wildman–Crippen MR) is 106 cm³/mol. The number of benzene rings is 2. The van der Waals surface area contributed by atoms with Gasteiger partial charge in [0.25, 0.3) is 11.6 Å². The van der Waals surface area contributed by atoms with Crippen molar-refractivity contribution in [3.8, 4) is 5.75 Å². The number of anilines is 1. The Kier molecular flexibility index (Phi) is 6.29. The van der Waals surface area contributed by atoms with E-state index in [-0.39, 0.29) is 17.1 Å². The minimum Gasteiger partial charge on any atom is -0.496 e. The van der Waals surface area contributed by atoms with Crippen molar-refractivity contribution in [3.05, 3.63) is 64.0 Å². The highest BCUT2D eigenvalue weighted by molar-refractivity contribution is 5.95. The molecule has 1 fully saturated rings. The smallest absolute Gasteiger partial charge is 0.317 e. The van der Waals surface area contributed by atoms with Gasteiger partial charge in [-0.2, -0.15) is 0 Å². The summed E-state index contributed by atoms with van der Waals surface area (Å²) in [5, 5.41) is 13.6. The molecule has 0 aliphatic heterocycles. The number of ether oxygens (including phenoxy) is 2. The van der Waals surface area contributed by atoms with Crippen LogP contribution in [0.1, 0.15) is 31.2 Å². The molecule has 2 aromatic rings. The van der Waals surface area contributed by atoms with E-state index in [0.717, 1.165) is 12.8 Å². The van der Waals surface area contributed by atoms with Crippen molar-refractivity contribution < 1.29 is 28.4 Å². The maximum atomic E-state index is 13.3. The number of carbonyl (C=O) groups is 2. The summed E-state index contributed by atoms with van der Waals surface area (Å²) in [6.07, 6.45) is 2.72. The number of halogens is 1. The lowest BCUT2D eigenvalue weighted by Gasteiger charge is -2.27. The molecule has 0 unspecified atom stereocenters. The van der Waals surface area contributed by atoms with Gasteiger partial charge in [-0.05, 0) is 42.7 Å². The SMILES string of the molecule is COc1ccc(NC(=O)COC(=O)C2(c3ccc(F)cc3)CCCC2)c([N+](=O)[O-])c1. The lowest BCUT2D eigenvalue weighted by Crippen LogP contribution is -2.36. The standard InChI is InChI=1S/C21H21FN2O6/c1-29-16-8-9-17(18(12-16)24(27)28)23-19(25)13-30-20(26)21(10-2-3-11-21)14-4-6-15(22)7-5-14/h4-9,12H,2-3,10-11,13H2,1H3,(H,23,25). The number of nitro groups is 1. The number of nitrogens with one attached hydrogen (secondary N) is 1. The Morgan fingerprint density at radius 1 is 1.17 bits per heavy atom. The van der Waals surface area contributed by atoms with Gasteiger partial charge < -0.3 is 14.8 Å². The van der Waals surface area contributed by atoms with Crippen LogP contribution in [0, 0.1) is 15.9 Å². The highest BCUT2D eigenvalue weighted by atomic mass is 19.1. The number of hydrogen-bond donors (Lipinski definition) is 1. The zero-order valence-corrected chi connectivity index (χ0v) is 16.4. The zero-order chi connectivity index (χ0) is 21.7. The summed E-state index contributed by atoms with van der Waals surface area (Å²) >= 11 is 0. The lowest BCUT2D eigenvalue weighted by molar-refractivity contribution is -0.384. The second-order valence-corrected chi connectivity index (χ2v) is 7.06. The monoisotopic (exact) mass is 416 g/mol. The third-order valence-electron chi connectivity index (χ3n) is 5.25. The van der Waals surface area contributed by atoms with Crippen molar-refractivity contribution in [1.29, 1.82) is 0 Å². The van der Waals surface area contributed by atoms with Gasteiger partial charge >= 0.3 is 5.97 Å². The van der Waals surface area contributed by atoms with Crippen LogP contribution in [0.4, 0.5) is 15.8 Å². The van der Waals surface area contributed by atoms with Crippen LogP contribution in [-0.4, -0.2) is 30.5 Å². The lowest BCUT2D eigenvalue weighted by atomic mass is 9.79. The van der Waals surface area contributed by atoms with Crippen LogP contribution in [0.2, 0.25) is 0 Å². The zero-order valence-electron chi connectivity index (χ0n) is 16.4. The summed E-state index contributed by atoms with van der Waals surface area (Å²) in [5.41, 5.74) is -0.638. The van der Waals surface area contributed by atoms with Crippen molar-refractivity contribution in [1.82, 2.24) is 0 Å². The fourth-order valence-electron chi connectivity index (χ4n) is 3.71. The highest BCUT2D eigenvalue weighted by Crippen LogP contribution is 2.42. The molecule has 0 radical (unpaired) electrons. The molecule has 1 saturated carbocycles. The number of nitro benzene ring substituents is 1. The summed E-state index contributed by atoms with van der Waals surface area (Å²) in [6, 6.07) is 9.69. The third-order valence-corrected chi connectivity index (χ3v) is 5.25. The van der Waals surface area contributed by atoms with E-state index in [1.54, 1.807) is 12.1 Å². The van der Waals surface area contributed by atoms with E-state index in [9.17, 15) is 24.1 Å². The number of rotatable bonds is 7. The van der Waals surface area contributed by atoms with Crippen molar-refractivity contribution in [2.24, 2.45) is 0 Å². The Bertz CT molecular complexity index is 954. The molecule has 0 saturated heterocycles. The number of carbonyl (C=O) groups excluding carboxylic acids is 2. The van der Waals surface area contributed by atoms with Crippen LogP contribution in [0.15, 0.2) is 42.5 Å². The maximum absolute atomic E-state index is 13.3. The Hall–Kier alpha value is -3.49. The molecule has 0 spiro atoms. The van der Waals surface area contributed by atoms with E-state index in [1.807, 2.05) is 0 Å². The molecule has 158 valence electrons. The molecule has 8 nitrogen and oxygen atoms in total. The molecular weight excluding hydrogens is 395 g/mol. The van der Waals surface area contributed by atoms with E-state index in [2.05, 4.69) is 5.32 Å². The van der Waals surface area contributed by atoms with Gasteiger partial charge in [0.15, 0.2) is 6.61 Å². The minimum absolute atomic E-state index is 0.0315. The normalized spacial score (nSPS) is 14.7. The largest absolute Gasteiger partial charge is 0.496 e. The van der Waals surface area contributed by atoms with Gasteiger partial charge in [-0.3, -0.25) is 19.7 Å². The van der Waals surface area contributed by atoms with Crippen LogP contribution < -0.4 is 10.1 Å². The average molecular weight is 416 g/mol. The first-order valence-electron chi connectivity index (χ1n) is 9.41. The molecule has 30 heavy (non-hydrogen) atoms. The number of amides is 1. The van der Waals surface area contributed by atoms with E-state index in [0.29, 0.717) is 18.4 Å². The Morgan fingerprint density at radius 3 is 2.43 bits per heavy atom. The van der Waals surface area contributed by atoms with Crippen molar-refractivity contribution in [2.75, 3.05) is 19.0 Å². The fraction of sp³-hybridized carbons (Fsp3) is 0.333. The summed E-state index contributed by atoms with van der Waals surface area (Å²) in [4.78, 5) is 35.7. The summed E-state index contributed by atoms with van der Waals surface area (Å²) in [7, 11) is 1.37. The highest BCUT2D eigenvalue weighted by Gasteiger charge is 2.44. The van der Waals surface area contributed by atoms with E-state index < -0.39 is 34.6 Å². The van der Waals surface area contributed by atoms with E-state index in [1.165, 1.54) is 37.4 Å². The van der Waals surface area contributed by atoms with Crippen LogP contribution in [0.5, 0.6) is 5.75 Å². The molecule has 2 aromatic carbocycles. The van der Waals surface area contributed by atoms with Gasteiger partial charge in [-0.25, -0.2) is 4.39 Å². The first kappa shape index (κ1) is 21.2.